The number of hydrogen-bond donors (Lipinski definition) is 3. The number of phosphoric acid groups is 2. The van der Waals surface area contributed by atoms with Crippen molar-refractivity contribution in [2.75, 3.05) is 39.6 Å². The van der Waals surface area contributed by atoms with Crippen molar-refractivity contribution < 1.29 is 80.2 Å². The topological polar surface area (TPSA) is 237 Å². The van der Waals surface area contributed by atoms with Gasteiger partial charge in [0.15, 0.2) is 12.2 Å². The van der Waals surface area contributed by atoms with Crippen LogP contribution in [0.2, 0.25) is 0 Å². The molecule has 0 aromatic heterocycles. The van der Waals surface area contributed by atoms with Crippen LogP contribution >= 0.6 is 15.6 Å². The Hall–Kier alpha value is -1.94. The summed E-state index contributed by atoms with van der Waals surface area (Å²) in [6, 6.07) is 0. The molecule has 0 saturated heterocycles. The second-order valence-electron chi connectivity index (χ2n) is 30.1. The first kappa shape index (κ1) is 100. The fourth-order valence-corrected chi connectivity index (χ4v) is 14.5. The van der Waals surface area contributed by atoms with E-state index in [4.69, 9.17) is 37.0 Å². The highest BCUT2D eigenvalue weighted by molar-refractivity contribution is 7.47. The maximum absolute atomic E-state index is 13.1. The molecule has 102 heavy (non-hydrogen) atoms. The Morgan fingerprint density at radius 2 is 0.471 bits per heavy atom. The molecule has 0 fully saturated rings. The van der Waals surface area contributed by atoms with E-state index in [1.54, 1.807) is 0 Å². The summed E-state index contributed by atoms with van der Waals surface area (Å²) >= 11 is 0. The molecule has 0 rings (SSSR count). The van der Waals surface area contributed by atoms with Crippen LogP contribution in [0.25, 0.3) is 0 Å². The number of aliphatic hydroxyl groups excluding tert-OH is 1. The van der Waals surface area contributed by atoms with Crippen LogP contribution in [-0.2, 0) is 65.4 Å². The summed E-state index contributed by atoms with van der Waals surface area (Å²) in [7, 11) is -9.92. The van der Waals surface area contributed by atoms with Crippen molar-refractivity contribution in [3.8, 4) is 0 Å². The number of carbonyl (C=O) groups is 4. The van der Waals surface area contributed by atoms with Crippen molar-refractivity contribution in [2.24, 2.45) is 5.92 Å². The number of ether oxygens (including phenoxy) is 4. The van der Waals surface area contributed by atoms with Gasteiger partial charge >= 0.3 is 39.5 Å². The van der Waals surface area contributed by atoms with Gasteiger partial charge in [0.1, 0.15) is 19.3 Å². The minimum Gasteiger partial charge on any atom is -0.462 e. The maximum Gasteiger partial charge on any atom is 0.472 e. The van der Waals surface area contributed by atoms with E-state index in [2.05, 4.69) is 34.6 Å². The fraction of sp³-hybridized carbons (Fsp3) is 0.952. The third-order valence-electron chi connectivity index (χ3n) is 19.9. The van der Waals surface area contributed by atoms with Crippen molar-refractivity contribution in [3.63, 3.8) is 0 Å². The number of unbranched alkanes of at least 4 members (excludes halogenated alkanes) is 54. The van der Waals surface area contributed by atoms with Crippen LogP contribution in [0.1, 0.15) is 446 Å². The Bertz CT molecular complexity index is 1950. The average Bonchev–Trinajstić information content (AvgIpc) is 0.911. The molecule has 3 unspecified atom stereocenters. The van der Waals surface area contributed by atoms with Crippen LogP contribution in [0.3, 0.4) is 0 Å². The molecule has 0 aliphatic rings. The van der Waals surface area contributed by atoms with E-state index in [9.17, 15) is 43.2 Å². The van der Waals surface area contributed by atoms with Crippen LogP contribution in [0.15, 0.2) is 0 Å². The summed E-state index contributed by atoms with van der Waals surface area (Å²) < 4.78 is 68.7. The van der Waals surface area contributed by atoms with Crippen LogP contribution in [0.5, 0.6) is 0 Å². The van der Waals surface area contributed by atoms with Gasteiger partial charge in [-0.25, -0.2) is 9.13 Å². The molecule has 19 heteroatoms. The van der Waals surface area contributed by atoms with Gasteiger partial charge in [-0.3, -0.25) is 37.3 Å². The van der Waals surface area contributed by atoms with Gasteiger partial charge in [-0.15, -0.1) is 0 Å². The second kappa shape index (κ2) is 75.9. The van der Waals surface area contributed by atoms with Gasteiger partial charge in [-0.1, -0.05) is 394 Å². The zero-order valence-electron chi connectivity index (χ0n) is 66.8. The molecule has 0 aliphatic carbocycles. The lowest BCUT2D eigenvalue weighted by molar-refractivity contribution is -0.161. The highest BCUT2D eigenvalue weighted by Crippen LogP contribution is 2.45. The van der Waals surface area contributed by atoms with Gasteiger partial charge in [-0.2, -0.15) is 0 Å². The van der Waals surface area contributed by atoms with Crippen molar-refractivity contribution in [1.82, 2.24) is 0 Å². The third kappa shape index (κ3) is 74.9. The lowest BCUT2D eigenvalue weighted by Crippen LogP contribution is -2.30. The minimum atomic E-state index is -4.96. The molecule has 0 aromatic rings. The highest BCUT2D eigenvalue weighted by Gasteiger charge is 2.30. The lowest BCUT2D eigenvalue weighted by atomic mass is 9.99. The number of esters is 4. The zero-order valence-corrected chi connectivity index (χ0v) is 68.5. The van der Waals surface area contributed by atoms with E-state index < -0.39 is 97.5 Å². The summed E-state index contributed by atoms with van der Waals surface area (Å²) in [5, 5.41) is 10.6. The van der Waals surface area contributed by atoms with Crippen molar-refractivity contribution in [2.45, 2.75) is 464 Å². The Balaban J connectivity index is 5.20. The number of phosphoric ester groups is 2. The van der Waals surface area contributed by atoms with E-state index in [-0.39, 0.29) is 25.7 Å². The Kier molecular flexibility index (Phi) is 74.4. The first-order valence-electron chi connectivity index (χ1n) is 43.2. The van der Waals surface area contributed by atoms with Crippen molar-refractivity contribution in [3.05, 3.63) is 0 Å². The predicted octanol–water partition coefficient (Wildman–Crippen LogP) is 25.2. The third-order valence-corrected chi connectivity index (χ3v) is 21.8. The predicted molar refractivity (Wildman–Crippen MR) is 418 cm³/mol. The molecule has 17 nitrogen and oxygen atoms in total. The van der Waals surface area contributed by atoms with Crippen LogP contribution < -0.4 is 0 Å². The highest BCUT2D eigenvalue weighted by atomic mass is 31.2. The first-order valence-corrected chi connectivity index (χ1v) is 46.2. The standard InChI is InChI=1S/C83H162O17P2/c1-6-10-13-16-19-22-24-26-28-30-31-32-33-34-36-38-40-42-48-53-58-63-68-82(87)99-79(73-94-81(86)67-62-57-52-47-41-39-37-35-29-27-25-23-20-17-14-11-7-2)75-98-102(91,92)96-71-77(84)70-95-101(89,90)97-74-78(72-93-80(85)66-61-56-51-45-21-18-15-12-8-3)100-83(88)69-64-59-54-49-44-43-46-50-55-60-65-76(5)9-4/h76-79,84H,6-75H2,1-5H3,(H,89,90)(H,91,92)/t76?,77-,78+,79+/m0/s1. The fourth-order valence-electron chi connectivity index (χ4n) is 12.9. The lowest BCUT2D eigenvalue weighted by Gasteiger charge is -2.21. The molecule has 6 atom stereocenters. The smallest absolute Gasteiger partial charge is 0.462 e. The maximum atomic E-state index is 13.1. The van der Waals surface area contributed by atoms with Gasteiger partial charge in [0, 0.05) is 25.7 Å². The number of rotatable bonds is 83. The number of hydrogen-bond acceptors (Lipinski definition) is 15. The van der Waals surface area contributed by atoms with Gasteiger partial charge < -0.3 is 33.8 Å². The summed E-state index contributed by atoms with van der Waals surface area (Å²) in [6.07, 6.45) is 68.1. The van der Waals surface area contributed by atoms with Crippen molar-refractivity contribution in [1.29, 1.82) is 0 Å². The summed E-state index contributed by atoms with van der Waals surface area (Å²) in [4.78, 5) is 73.0. The molecule has 0 aromatic carbocycles. The van der Waals surface area contributed by atoms with E-state index in [0.717, 1.165) is 95.8 Å². The largest absolute Gasteiger partial charge is 0.472 e. The molecule has 3 N–H and O–H groups in total. The SMILES string of the molecule is CCCCCCCCCCCCCCCCCCCCCCCCC(=O)O[C@H](COC(=O)CCCCCCCCCCCCCCCCCCC)COP(=O)(O)OC[C@@H](O)COP(=O)(O)OC[C@@H](COC(=O)CCCCCCCCCCC)OC(=O)CCCCCCCCCCCCC(C)CC. The Labute approximate surface area is 626 Å². The molecule has 606 valence electrons. The van der Waals surface area contributed by atoms with E-state index in [1.165, 1.54) is 270 Å². The molecule has 0 saturated carbocycles. The number of aliphatic hydroxyl groups is 1. The zero-order chi connectivity index (χ0) is 74.8. The van der Waals surface area contributed by atoms with E-state index in [1.807, 2.05) is 0 Å². The normalized spacial score (nSPS) is 14.1. The molecular formula is C83H162O17P2. The minimum absolute atomic E-state index is 0.107. The molecule has 0 bridgehead atoms. The molecule has 0 spiro atoms. The van der Waals surface area contributed by atoms with Gasteiger partial charge in [-0.05, 0) is 31.6 Å². The molecule has 0 heterocycles. The van der Waals surface area contributed by atoms with Crippen molar-refractivity contribution >= 4 is 39.5 Å². The van der Waals surface area contributed by atoms with Gasteiger partial charge in [0.25, 0.3) is 0 Å². The van der Waals surface area contributed by atoms with Gasteiger partial charge in [0.05, 0.1) is 26.4 Å². The first-order chi connectivity index (χ1) is 49.6. The van der Waals surface area contributed by atoms with E-state index in [0.29, 0.717) is 25.7 Å². The summed E-state index contributed by atoms with van der Waals surface area (Å²) in [5.41, 5.74) is 0. The summed E-state index contributed by atoms with van der Waals surface area (Å²) in [5.74, 6) is -1.30. The second-order valence-corrected chi connectivity index (χ2v) is 33.0. The molecule has 0 amide bonds. The van der Waals surface area contributed by atoms with Gasteiger partial charge in [0.2, 0.25) is 0 Å². The average molecular weight is 1490 g/mol. The number of carbonyl (C=O) groups excluding carboxylic acids is 4. The molecular weight excluding hydrogens is 1330 g/mol. The Morgan fingerprint density at radius 3 is 0.696 bits per heavy atom. The summed E-state index contributed by atoms with van der Waals surface area (Å²) in [6.45, 7) is 7.35. The Morgan fingerprint density at radius 1 is 0.275 bits per heavy atom. The monoisotopic (exact) mass is 1490 g/mol. The van der Waals surface area contributed by atoms with Crippen LogP contribution in [0, 0.1) is 5.92 Å². The van der Waals surface area contributed by atoms with E-state index >= 15 is 0 Å². The molecule has 0 radical (unpaired) electrons. The van der Waals surface area contributed by atoms with Crippen LogP contribution in [0.4, 0.5) is 0 Å². The molecule has 0 aliphatic heterocycles. The quantitative estimate of drug-likeness (QED) is 0.0222. The van der Waals surface area contributed by atoms with Crippen LogP contribution in [-0.4, -0.2) is 96.7 Å².